The highest BCUT2D eigenvalue weighted by Gasteiger charge is 2.28. The third-order valence-corrected chi connectivity index (χ3v) is 7.23. The molecule has 1 atom stereocenters. The predicted octanol–water partition coefficient (Wildman–Crippen LogP) is 4.45. The number of thioether (sulfide) groups is 1. The number of carbonyl (C=O) groups is 1. The van der Waals surface area contributed by atoms with Crippen molar-refractivity contribution < 1.29 is 9.53 Å². The summed E-state index contributed by atoms with van der Waals surface area (Å²) in [7, 11) is 3.57. The predicted molar refractivity (Wildman–Crippen MR) is 128 cm³/mol. The molecule has 0 N–H and O–H groups in total. The van der Waals surface area contributed by atoms with E-state index >= 15 is 0 Å². The lowest BCUT2D eigenvalue weighted by molar-refractivity contribution is -0.131. The first-order chi connectivity index (χ1) is 15.6. The van der Waals surface area contributed by atoms with Gasteiger partial charge in [0.05, 0.1) is 17.9 Å². The third-order valence-electron chi connectivity index (χ3n) is 6.11. The number of nitrogens with zero attached hydrogens (tertiary/aromatic N) is 4. The minimum atomic E-state index is -0.214. The molecular weight excluding hydrogens is 420 g/mol. The molecule has 3 aromatic rings. The second kappa shape index (κ2) is 10.2. The average molecular weight is 451 g/mol. The number of carbonyl (C=O) groups excluding carboxylic acids is 1. The van der Waals surface area contributed by atoms with Crippen LogP contribution in [0.4, 0.5) is 0 Å². The lowest BCUT2D eigenvalue weighted by Gasteiger charge is -2.33. The van der Waals surface area contributed by atoms with Crippen molar-refractivity contribution >= 4 is 17.7 Å². The molecule has 168 valence electrons. The molecule has 0 saturated carbocycles. The van der Waals surface area contributed by atoms with Gasteiger partial charge in [-0.05, 0) is 49.8 Å². The fourth-order valence-corrected chi connectivity index (χ4v) is 5.15. The first-order valence-corrected chi connectivity index (χ1v) is 12.0. The molecule has 4 rings (SSSR count). The smallest absolute Gasteiger partial charge is 0.235 e. The van der Waals surface area contributed by atoms with E-state index in [0.717, 1.165) is 54.6 Å². The van der Waals surface area contributed by atoms with E-state index in [1.54, 1.807) is 7.11 Å². The molecule has 1 unspecified atom stereocenters. The zero-order valence-corrected chi connectivity index (χ0v) is 19.7. The van der Waals surface area contributed by atoms with Gasteiger partial charge in [-0.15, -0.1) is 10.2 Å². The Balaban J connectivity index is 1.35. The van der Waals surface area contributed by atoms with E-state index in [1.807, 2.05) is 47.7 Å². The van der Waals surface area contributed by atoms with Gasteiger partial charge in [0.1, 0.15) is 5.75 Å². The van der Waals surface area contributed by atoms with E-state index in [0.29, 0.717) is 5.92 Å². The third kappa shape index (κ3) is 4.99. The van der Waals surface area contributed by atoms with Crippen LogP contribution in [-0.2, 0) is 18.3 Å². The summed E-state index contributed by atoms with van der Waals surface area (Å²) in [6, 6.07) is 18.4. The average Bonchev–Trinajstić information content (AvgIpc) is 3.19. The van der Waals surface area contributed by atoms with Gasteiger partial charge in [-0.1, -0.05) is 54.2 Å². The van der Waals surface area contributed by atoms with E-state index in [4.69, 9.17) is 4.74 Å². The molecule has 1 aromatic heterocycles. The number of benzene rings is 2. The summed E-state index contributed by atoms with van der Waals surface area (Å²) in [4.78, 5) is 15.1. The van der Waals surface area contributed by atoms with Crippen LogP contribution in [0, 0.1) is 5.92 Å². The maximum absolute atomic E-state index is 13.1. The van der Waals surface area contributed by atoms with Crippen LogP contribution >= 0.6 is 11.8 Å². The number of amides is 1. The molecule has 1 amide bonds. The summed E-state index contributed by atoms with van der Waals surface area (Å²) < 4.78 is 7.39. The number of likely N-dealkylation sites (tertiary alicyclic amines) is 1. The molecule has 32 heavy (non-hydrogen) atoms. The van der Waals surface area contributed by atoms with Crippen LogP contribution in [0.15, 0.2) is 59.8 Å². The van der Waals surface area contributed by atoms with Crippen molar-refractivity contribution in [3.05, 3.63) is 60.2 Å². The first-order valence-electron chi connectivity index (χ1n) is 11.1. The van der Waals surface area contributed by atoms with Gasteiger partial charge in [0.2, 0.25) is 5.91 Å². The molecule has 1 aliphatic heterocycles. The van der Waals surface area contributed by atoms with Crippen LogP contribution in [0.1, 0.15) is 25.3 Å². The van der Waals surface area contributed by atoms with Gasteiger partial charge in [-0.3, -0.25) is 4.79 Å². The van der Waals surface area contributed by atoms with Gasteiger partial charge in [-0.2, -0.15) is 0 Å². The van der Waals surface area contributed by atoms with Gasteiger partial charge < -0.3 is 14.2 Å². The van der Waals surface area contributed by atoms with Crippen molar-refractivity contribution in [1.29, 1.82) is 0 Å². The molecule has 1 aliphatic rings. The Morgan fingerprint density at radius 1 is 1.09 bits per heavy atom. The molecule has 7 heteroatoms. The van der Waals surface area contributed by atoms with Crippen molar-refractivity contribution in [2.45, 2.75) is 36.6 Å². The molecular formula is C25H30N4O2S. The fourth-order valence-electron chi connectivity index (χ4n) is 4.25. The van der Waals surface area contributed by atoms with Crippen LogP contribution in [-0.4, -0.2) is 51.0 Å². The van der Waals surface area contributed by atoms with E-state index < -0.39 is 0 Å². The van der Waals surface area contributed by atoms with Crippen LogP contribution in [0.3, 0.4) is 0 Å². The van der Waals surface area contributed by atoms with Crippen LogP contribution in [0.25, 0.3) is 11.4 Å². The molecule has 0 radical (unpaired) electrons. The van der Waals surface area contributed by atoms with Crippen LogP contribution in [0.2, 0.25) is 0 Å². The summed E-state index contributed by atoms with van der Waals surface area (Å²) in [6.45, 7) is 3.61. The molecule has 0 bridgehead atoms. The Morgan fingerprint density at radius 2 is 1.78 bits per heavy atom. The summed E-state index contributed by atoms with van der Waals surface area (Å²) >= 11 is 1.46. The highest BCUT2D eigenvalue weighted by molar-refractivity contribution is 8.00. The number of hydrogen-bond donors (Lipinski definition) is 0. The highest BCUT2D eigenvalue weighted by atomic mass is 32.2. The minimum absolute atomic E-state index is 0.176. The zero-order valence-electron chi connectivity index (χ0n) is 18.9. The van der Waals surface area contributed by atoms with Crippen molar-refractivity contribution in [3.8, 4) is 17.1 Å². The van der Waals surface area contributed by atoms with Gasteiger partial charge in [0.15, 0.2) is 11.0 Å². The first kappa shape index (κ1) is 22.4. The summed E-state index contributed by atoms with van der Waals surface area (Å²) in [6.07, 6.45) is 3.21. The highest BCUT2D eigenvalue weighted by Crippen LogP contribution is 2.32. The SMILES string of the molecule is COc1ccccc1-c1nnc(SC(C)C(=O)N2CCC(Cc3ccccc3)CC2)n1C. The van der Waals surface area contributed by atoms with E-state index in [9.17, 15) is 4.79 Å². The monoisotopic (exact) mass is 450 g/mol. The van der Waals surface area contributed by atoms with E-state index in [2.05, 4.69) is 40.5 Å². The fraction of sp³-hybridized carbons (Fsp3) is 0.400. The molecule has 6 nitrogen and oxygen atoms in total. The van der Waals surface area contributed by atoms with Crippen molar-refractivity contribution in [2.24, 2.45) is 13.0 Å². The Kier molecular flexibility index (Phi) is 7.15. The van der Waals surface area contributed by atoms with Crippen LogP contribution in [0.5, 0.6) is 5.75 Å². The summed E-state index contributed by atoms with van der Waals surface area (Å²) in [5.41, 5.74) is 2.27. The Bertz CT molecular complexity index is 1050. The number of hydrogen-bond acceptors (Lipinski definition) is 5. The summed E-state index contributed by atoms with van der Waals surface area (Å²) in [5, 5.41) is 9.21. The Hall–Kier alpha value is -2.80. The van der Waals surface area contributed by atoms with E-state index in [-0.39, 0.29) is 11.2 Å². The second-order valence-electron chi connectivity index (χ2n) is 8.28. The topological polar surface area (TPSA) is 60.3 Å². The van der Waals surface area contributed by atoms with Gasteiger partial charge >= 0.3 is 0 Å². The number of para-hydroxylation sites is 1. The molecule has 2 heterocycles. The largest absolute Gasteiger partial charge is 0.496 e. The zero-order chi connectivity index (χ0) is 22.5. The number of piperidine rings is 1. The van der Waals surface area contributed by atoms with Crippen LogP contribution < -0.4 is 4.74 Å². The molecule has 1 saturated heterocycles. The number of methoxy groups -OCH3 is 1. The van der Waals surface area contributed by atoms with E-state index in [1.165, 1.54) is 17.3 Å². The number of ether oxygens (including phenoxy) is 1. The van der Waals surface area contributed by atoms with Crippen molar-refractivity contribution in [1.82, 2.24) is 19.7 Å². The summed E-state index contributed by atoms with van der Waals surface area (Å²) in [5.74, 6) is 2.30. The standard InChI is InChI=1S/C25H30N4O2S/c1-18(24(30)29-15-13-20(14-16-29)17-19-9-5-4-6-10-19)32-25-27-26-23(28(25)2)21-11-7-8-12-22(21)31-3/h4-12,18,20H,13-17H2,1-3H3. The molecule has 2 aromatic carbocycles. The molecule has 1 fully saturated rings. The minimum Gasteiger partial charge on any atom is -0.496 e. The number of aromatic nitrogens is 3. The van der Waals surface area contributed by atoms with Crippen molar-refractivity contribution in [3.63, 3.8) is 0 Å². The molecule has 0 spiro atoms. The maximum Gasteiger partial charge on any atom is 0.235 e. The lowest BCUT2D eigenvalue weighted by atomic mass is 9.90. The maximum atomic E-state index is 13.1. The number of rotatable bonds is 7. The lowest BCUT2D eigenvalue weighted by Crippen LogP contribution is -2.42. The Morgan fingerprint density at radius 3 is 2.50 bits per heavy atom. The quantitative estimate of drug-likeness (QED) is 0.498. The van der Waals surface area contributed by atoms with Gasteiger partial charge in [0, 0.05) is 20.1 Å². The van der Waals surface area contributed by atoms with Gasteiger partial charge in [0.25, 0.3) is 0 Å². The Labute approximate surface area is 194 Å². The molecule has 0 aliphatic carbocycles. The van der Waals surface area contributed by atoms with Gasteiger partial charge in [-0.25, -0.2) is 0 Å². The second-order valence-corrected chi connectivity index (χ2v) is 9.59. The van der Waals surface area contributed by atoms with Crippen molar-refractivity contribution in [2.75, 3.05) is 20.2 Å². The normalized spacial score (nSPS) is 15.5.